The van der Waals surface area contributed by atoms with Crippen LogP contribution < -0.4 is 10.1 Å². The molecule has 0 bridgehead atoms. The molecule has 1 N–H and O–H groups in total. The van der Waals surface area contributed by atoms with Gasteiger partial charge in [0.15, 0.2) is 0 Å². The number of carbonyl (C=O) groups excluding carboxylic acids is 1. The Balaban J connectivity index is 1.46. The van der Waals surface area contributed by atoms with Gasteiger partial charge in [0.1, 0.15) is 11.4 Å². The van der Waals surface area contributed by atoms with Gasteiger partial charge >= 0.3 is 0 Å². The number of para-hydroxylation sites is 1. The average Bonchev–Trinajstić information content (AvgIpc) is 3.21. The van der Waals surface area contributed by atoms with Crippen LogP contribution in [0.4, 0.5) is 5.69 Å². The quantitative estimate of drug-likeness (QED) is 0.347. The summed E-state index contributed by atoms with van der Waals surface area (Å²) in [5, 5.41) is 7.59. The molecular weight excluding hydrogens is 500 g/mol. The van der Waals surface area contributed by atoms with E-state index in [1.54, 1.807) is 40.5 Å². The lowest BCUT2D eigenvalue weighted by Crippen LogP contribution is -2.32. The normalized spacial score (nSPS) is 14.6. The van der Waals surface area contributed by atoms with Crippen LogP contribution in [0, 0.1) is 0 Å². The average molecular weight is 531 g/mol. The zero-order chi connectivity index (χ0) is 26.5. The number of ether oxygens (including phenoxy) is 1. The molecule has 0 saturated carbocycles. The molecule has 3 aromatic carbocycles. The lowest BCUT2D eigenvalue weighted by atomic mass is 10.1. The fourth-order valence-corrected chi connectivity index (χ4v) is 6.14. The second-order valence-electron chi connectivity index (χ2n) is 9.20. The summed E-state index contributed by atoms with van der Waals surface area (Å²) in [4.78, 5) is 13.7. The number of hydrogen-bond donors (Lipinski definition) is 1. The zero-order valence-corrected chi connectivity index (χ0v) is 22.0. The predicted octanol–water partition coefficient (Wildman–Crippen LogP) is 5.36. The first-order chi connectivity index (χ1) is 18.5. The standard InChI is InChI=1S/C29H30N4O4S/c1-37-25-16-14-22(15-17-25)28-27(21-33(31-28)24-11-5-4-6-12-24)29(34)30-23-10-9-13-26(20-23)38(35,36)32-18-7-2-3-8-19-32/h4-6,9-17,20-21H,2-3,7-8,18-19H2,1H3,(H,30,34). The summed E-state index contributed by atoms with van der Waals surface area (Å²) in [6.07, 6.45) is 5.47. The summed E-state index contributed by atoms with van der Waals surface area (Å²) in [5.74, 6) is 0.312. The zero-order valence-electron chi connectivity index (χ0n) is 21.2. The lowest BCUT2D eigenvalue weighted by molar-refractivity contribution is 0.102. The molecule has 0 spiro atoms. The van der Waals surface area contributed by atoms with Crippen LogP contribution in [-0.2, 0) is 10.0 Å². The van der Waals surface area contributed by atoms with Crippen molar-refractivity contribution in [3.63, 3.8) is 0 Å². The molecule has 0 radical (unpaired) electrons. The van der Waals surface area contributed by atoms with Crippen molar-refractivity contribution < 1.29 is 17.9 Å². The van der Waals surface area contributed by atoms with Crippen molar-refractivity contribution in [2.75, 3.05) is 25.5 Å². The Kier molecular flexibility index (Phi) is 7.57. The third-order valence-electron chi connectivity index (χ3n) is 6.64. The molecular formula is C29H30N4O4S. The van der Waals surface area contributed by atoms with Crippen LogP contribution in [-0.4, -0.2) is 48.6 Å². The third kappa shape index (κ3) is 5.49. The van der Waals surface area contributed by atoms with Gasteiger partial charge in [-0.2, -0.15) is 9.40 Å². The minimum absolute atomic E-state index is 0.174. The summed E-state index contributed by atoms with van der Waals surface area (Å²) in [6, 6.07) is 23.3. The highest BCUT2D eigenvalue weighted by Gasteiger charge is 2.26. The van der Waals surface area contributed by atoms with Crippen LogP contribution in [0.5, 0.6) is 5.75 Å². The number of amides is 1. The SMILES string of the molecule is COc1ccc(-c2nn(-c3ccccc3)cc2C(=O)Nc2cccc(S(=O)(=O)N3CCCCCC3)c2)cc1. The van der Waals surface area contributed by atoms with E-state index in [1.165, 1.54) is 6.07 Å². The van der Waals surface area contributed by atoms with E-state index in [0.29, 0.717) is 35.8 Å². The molecule has 1 aliphatic rings. The molecule has 0 unspecified atom stereocenters. The number of anilines is 1. The molecule has 2 heterocycles. The molecule has 1 saturated heterocycles. The van der Waals surface area contributed by atoms with Gasteiger partial charge in [-0.25, -0.2) is 13.1 Å². The van der Waals surface area contributed by atoms with Gasteiger partial charge in [-0.1, -0.05) is 37.1 Å². The van der Waals surface area contributed by atoms with Crippen LogP contribution in [0.15, 0.2) is 90.0 Å². The molecule has 38 heavy (non-hydrogen) atoms. The van der Waals surface area contributed by atoms with Gasteiger partial charge in [0, 0.05) is 30.5 Å². The minimum Gasteiger partial charge on any atom is -0.497 e. The van der Waals surface area contributed by atoms with Crippen LogP contribution in [0.1, 0.15) is 36.0 Å². The van der Waals surface area contributed by atoms with E-state index in [2.05, 4.69) is 5.32 Å². The summed E-state index contributed by atoms with van der Waals surface area (Å²) < 4.78 is 35.1. The highest BCUT2D eigenvalue weighted by atomic mass is 32.2. The number of carbonyl (C=O) groups is 1. The fourth-order valence-electron chi connectivity index (χ4n) is 4.58. The topological polar surface area (TPSA) is 93.5 Å². The summed E-state index contributed by atoms with van der Waals surface area (Å²) >= 11 is 0. The highest BCUT2D eigenvalue weighted by molar-refractivity contribution is 7.89. The first-order valence-electron chi connectivity index (χ1n) is 12.7. The van der Waals surface area contributed by atoms with Crippen molar-refractivity contribution in [2.24, 2.45) is 0 Å². The molecule has 8 nitrogen and oxygen atoms in total. The number of benzene rings is 3. The van der Waals surface area contributed by atoms with Crippen molar-refractivity contribution in [3.05, 3.63) is 90.6 Å². The first kappa shape index (κ1) is 25.7. The largest absolute Gasteiger partial charge is 0.497 e. The number of nitrogens with one attached hydrogen (secondary N) is 1. The van der Waals surface area contributed by atoms with Gasteiger partial charge in [0.05, 0.1) is 23.3 Å². The number of sulfonamides is 1. The van der Waals surface area contributed by atoms with Gasteiger partial charge in [0.2, 0.25) is 10.0 Å². The first-order valence-corrected chi connectivity index (χ1v) is 14.1. The molecule has 1 amide bonds. The second-order valence-corrected chi connectivity index (χ2v) is 11.1. The Bertz CT molecular complexity index is 1510. The van der Waals surface area contributed by atoms with Crippen LogP contribution in [0.25, 0.3) is 16.9 Å². The highest BCUT2D eigenvalue weighted by Crippen LogP contribution is 2.28. The van der Waals surface area contributed by atoms with Crippen molar-refractivity contribution in [3.8, 4) is 22.7 Å². The second kappa shape index (κ2) is 11.2. The monoisotopic (exact) mass is 530 g/mol. The number of nitrogens with zero attached hydrogens (tertiary/aromatic N) is 3. The minimum atomic E-state index is -3.64. The molecule has 1 aliphatic heterocycles. The van der Waals surface area contributed by atoms with E-state index in [9.17, 15) is 13.2 Å². The smallest absolute Gasteiger partial charge is 0.259 e. The van der Waals surface area contributed by atoms with E-state index in [1.807, 2.05) is 54.6 Å². The maximum absolute atomic E-state index is 13.5. The Morgan fingerprint density at radius 3 is 2.29 bits per heavy atom. The number of rotatable bonds is 7. The van der Waals surface area contributed by atoms with Crippen molar-refractivity contribution in [1.82, 2.24) is 14.1 Å². The van der Waals surface area contributed by atoms with Crippen molar-refractivity contribution in [1.29, 1.82) is 0 Å². The third-order valence-corrected chi connectivity index (χ3v) is 8.53. The maximum Gasteiger partial charge on any atom is 0.259 e. The van der Waals surface area contributed by atoms with E-state index in [-0.39, 0.29) is 10.8 Å². The van der Waals surface area contributed by atoms with Gasteiger partial charge < -0.3 is 10.1 Å². The van der Waals surface area contributed by atoms with Crippen molar-refractivity contribution in [2.45, 2.75) is 30.6 Å². The molecule has 9 heteroatoms. The Morgan fingerprint density at radius 1 is 0.895 bits per heavy atom. The van der Waals surface area contributed by atoms with Gasteiger partial charge in [-0.3, -0.25) is 4.79 Å². The van der Waals surface area contributed by atoms with Gasteiger partial charge in [-0.15, -0.1) is 0 Å². The number of hydrogen-bond acceptors (Lipinski definition) is 5. The lowest BCUT2D eigenvalue weighted by Gasteiger charge is -2.20. The molecule has 4 aromatic rings. The Hall–Kier alpha value is -3.95. The molecule has 0 atom stereocenters. The Labute approximate surface area is 222 Å². The molecule has 1 aromatic heterocycles. The van der Waals surface area contributed by atoms with Gasteiger partial charge in [-0.05, 0) is 67.4 Å². The van der Waals surface area contributed by atoms with Crippen LogP contribution >= 0.6 is 0 Å². The molecule has 5 rings (SSSR count). The predicted molar refractivity (Wildman–Crippen MR) is 147 cm³/mol. The van der Waals surface area contributed by atoms with E-state index >= 15 is 0 Å². The van der Waals surface area contributed by atoms with Crippen LogP contribution in [0.3, 0.4) is 0 Å². The van der Waals surface area contributed by atoms with E-state index in [0.717, 1.165) is 36.9 Å². The van der Waals surface area contributed by atoms with E-state index in [4.69, 9.17) is 9.84 Å². The molecule has 0 aliphatic carbocycles. The van der Waals surface area contributed by atoms with E-state index < -0.39 is 10.0 Å². The maximum atomic E-state index is 13.5. The summed E-state index contributed by atoms with van der Waals surface area (Å²) in [6.45, 7) is 1.03. The summed E-state index contributed by atoms with van der Waals surface area (Å²) in [5.41, 5.74) is 2.83. The van der Waals surface area contributed by atoms with Crippen molar-refractivity contribution >= 4 is 21.6 Å². The fraction of sp³-hybridized carbons (Fsp3) is 0.241. The van der Waals surface area contributed by atoms with Crippen LogP contribution in [0.2, 0.25) is 0 Å². The van der Waals surface area contributed by atoms with Gasteiger partial charge in [0.25, 0.3) is 5.91 Å². The molecule has 196 valence electrons. The molecule has 1 fully saturated rings. The summed E-state index contributed by atoms with van der Waals surface area (Å²) in [7, 11) is -2.05. The number of aromatic nitrogens is 2. The Morgan fingerprint density at radius 2 is 1.61 bits per heavy atom. The number of methoxy groups -OCH3 is 1.